The number of rotatable bonds is 11. The van der Waals surface area contributed by atoms with Crippen molar-refractivity contribution in [3.05, 3.63) is 102 Å². The molecule has 0 fully saturated rings. The number of thiazole rings is 1. The number of anilines is 1. The second-order valence-corrected chi connectivity index (χ2v) is 17.0. The first-order chi connectivity index (χ1) is 18.9. The number of aromatic nitrogens is 1. The first-order valence-electron chi connectivity index (χ1n) is 11.7. The predicted molar refractivity (Wildman–Crippen MR) is 148 cm³/mol. The molecule has 0 atom stereocenters. The summed E-state index contributed by atoms with van der Waals surface area (Å²) in [5, 5.41) is 5.20. The van der Waals surface area contributed by atoms with Crippen molar-refractivity contribution in [1.29, 1.82) is 0 Å². The molecule has 0 saturated heterocycles. The van der Waals surface area contributed by atoms with Gasteiger partial charge < -0.3 is 9.47 Å². The van der Waals surface area contributed by atoms with Crippen LogP contribution in [0.25, 0.3) is 10.2 Å². The summed E-state index contributed by atoms with van der Waals surface area (Å²) in [6.45, 7) is 2.63. The highest BCUT2D eigenvalue weighted by Crippen LogP contribution is 2.29. The molecule has 1 radical (unpaired) electrons. The third-order valence-electron chi connectivity index (χ3n) is 5.23. The zero-order valence-corrected chi connectivity index (χ0v) is 25.2. The predicted octanol–water partition coefficient (Wildman–Crippen LogP) is 2.97. The SMILES string of the molecule is CCOCOc1ccc2nc(NC(=O)c3ccc([I+](OS(=O)(=O)c4ccccc4)c4cccs4)cc3)sc2c1. The van der Waals surface area contributed by atoms with E-state index in [0.717, 1.165) is 16.7 Å². The number of halogens is 1. The van der Waals surface area contributed by atoms with Crippen LogP contribution in [0.1, 0.15) is 17.3 Å². The van der Waals surface area contributed by atoms with Crippen LogP contribution >= 0.6 is 22.7 Å². The van der Waals surface area contributed by atoms with Crippen molar-refractivity contribution in [2.45, 2.75) is 11.8 Å². The van der Waals surface area contributed by atoms with E-state index in [1.54, 1.807) is 48.5 Å². The van der Waals surface area contributed by atoms with Crippen LogP contribution in [0.15, 0.2) is 95.2 Å². The fourth-order valence-electron chi connectivity index (χ4n) is 3.36. The third-order valence-corrected chi connectivity index (χ3v) is 15.3. The molecule has 0 aliphatic rings. The topological polar surface area (TPSA) is 104 Å². The summed E-state index contributed by atoms with van der Waals surface area (Å²) in [4.78, 5) is 17.6. The van der Waals surface area contributed by atoms with E-state index in [2.05, 4.69) is 10.3 Å². The summed E-state index contributed by atoms with van der Waals surface area (Å²) in [5.41, 5.74) is 1.17. The molecule has 0 bridgehead atoms. The number of nitrogens with one attached hydrogen (secondary N) is 1. The van der Waals surface area contributed by atoms with Gasteiger partial charge in [-0.3, -0.25) is 10.1 Å². The molecule has 5 rings (SSSR count). The number of carbonyl (C=O) groups is 1. The van der Waals surface area contributed by atoms with Crippen LogP contribution < -0.4 is 30.3 Å². The van der Waals surface area contributed by atoms with Gasteiger partial charge in [0.05, 0.1) is 15.1 Å². The summed E-state index contributed by atoms with van der Waals surface area (Å²) < 4.78 is 45.1. The number of hydrogen-bond acceptors (Lipinski definition) is 9. The van der Waals surface area contributed by atoms with Crippen molar-refractivity contribution in [2.24, 2.45) is 0 Å². The Morgan fingerprint density at radius 1 is 1.00 bits per heavy atom. The molecule has 2 heterocycles. The van der Waals surface area contributed by atoms with Gasteiger partial charge in [0.15, 0.2) is 15.5 Å². The van der Waals surface area contributed by atoms with E-state index in [1.807, 2.05) is 36.6 Å². The van der Waals surface area contributed by atoms with Crippen LogP contribution in [0.4, 0.5) is 5.13 Å². The van der Waals surface area contributed by atoms with E-state index in [-0.39, 0.29) is 17.6 Å². The molecule has 1 amide bonds. The zero-order chi connectivity index (χ0) is 27.2. The molecule has 8 nitrogen and oxygen atoms in total. The minimum absolute atomic E-state index is 0.115. The van der Waals surface area contributed by atoms with Crippen LogP contribution in [0.2, 0.25) is 0 Å². The van der Waals surface area contributed by atoms with Crippen LogP contribution in [0.3, 0.4) is 0 Å². The Bertz CT molecular complexity index is 1660. The number of benzene rings is 3. The van der Waals surface area contributed by atoms with E-state index in [4.69, 9.17) is 12.0 Å². The van der Waals surface area contributed by atoms with Crippen molar-refractivity contribution in [3.63, 3.8) is 0 Å². The molecular weight excluding hydrogens is 671 g/mol. The van der Waals surface area contributed by atoms with Crippen LogP contribution in [-0.4, -0.2) is 32.7 Å². The quantitative estimate of drug-likeness (QED) is 0.129. The molecule has 5 aromatic rings. The second-order valence-electron chi connectivity index (χ2n) is 7.86. The summed E-state index contributed by atoms with van der Waals surface area (Å²) in [5.74, 6) is 0.345. The van der Waals surface area contributed by atoms with Gasteiger partial charge in [-0.2, -0.15) is 8.42 Å². The van der Waals surface area contributed by atoms with Crippen LogP contribution in [0, 0.1) is 6.45 Å². The van der Waals surface area contributed by atoms with Gasteiger partial charge in [0, 0.05) is 18.2 Å². The first-order valence-corrected chi connectivity index (χ1v) is 17.8. The maximum absolute atomic E-state index is 13.0. The fourth-order valence-corrected chi connectivity index (χ4v) is 13.2. The zero-order valence-electron chi connectivity index (χ0n) is 20.6. The normalized spacial score (nSPS) is 11.6. The van der Waals surface area contributed by atoms with E-state index < -0.39 is 30.4 Å². The number of amides is 1. The Morgan fingerprint density at radius 2 is 1.79 bits per heavy atom. The molecule has 0 spiro atoms. The first kappa shape index (κ1) is 27.7. The lowest BCUT2D eigenvalue weighted by Crippen LogP contribution is -3.85. The van der Waals surface area contributed by atoms with Gasteiger partial charge in [-0.1, -0.05) is 40.9 Å². The third kappa shape index (κ3) is 6.83. The van der Waals surface area contributed by atoms with Gasteiger partial charge in [-0.15, -0.1) is 0 Å². The molecule has 39 heavy (non-hydrogen) atoms. The molecule has 0 saturated carbocycles. The number of nitrogens with zero attached hydrogens (tertiary/aromatic N) is 1. The molecule has 3 aromatic carbocycles. The highest BCUT2D eigenvalue weighted by atomic mass is 127. The Labute approximate surface area is 241 Å². The molecular formula is C27H23IN2O6S3+. The Kier molecular flexibility index (Phi) is 8.89. The molecule has 1 N–H and O–H groups in total. The van der Waals surface area contributed by atoms with Crippen molar-refractivity contribution in [3.8, 4) is 5.75 Å². The second kappa shape index (κ2) is 12.5. The minimum Gasteiger partial charge on any atom is -0.468 e. The standard InChI is InChI=1S/C27H23IN2O6S3/c1-2-34-18-35-21-14-15-23-24(17-21)38-27(29-23)30-26(31)19-10-12-20(13-11-19)28(25-9-6-16-37-25)36-39(32,33)22-7-4-3-5-8-22/h3-17H,2,18H2,1H3,(H,29,30,31)/q+1. The van der Waals surface area contributed by atoms with Gasteiger partial charge in [0.25, 0.3) is 5.91 Å². The number of carbonyl (C=O) groups excluding carboxylic acids is 1. The smallest absolute Gasteiger partial charge is 0.336 e. The number of ether oxygens (including phenoxy) is 2. The number of thiophene rings is 1. The average Bonchev–Trinajstić information content (AvgIpc) is 3.62. The van der Waals surface area contributed by atoms with Gasteiger partial charge in [-0.05, 0) is 75.5 Å². The van der Waals surface area contributed by atoms with Gasteiger partial charge >= 0.3 is 30.4 Å². The summed E-state index contributed by atoms with van der Waals surface area (Å²) in [6, 6.07) is 24.2. The number of hydrogen-bond donors (Lipinski definition) is 1. The average molecular weight is 695 g/mol. The monoisotopic (exact) mass is 694 g/mol. The Balaban J connectivity index is 1.31. The lowest BCUT2D eigenvalue weighted by molar-refractivity contribution is -1.02. The summed E-state index contributed by atoms with van der Waals surface area (Å²) in [6.07, 6.45) is 0. The van der Waals surface area contributed by atoms with Crippen LogP contribution in [0.5, 0.6) is 5.75 Å². The fraction of sp³-hybridized carbons (Fsp3) is 0.111. The summed E-state index contributed by atoms with van der Waals surface area (Å²) >= 11 is -0.00398. The highest BCUT2D eigenvalue weighted by Gasteiger charge is 2.38. The largest absolute Gasteiger partial charge is 0.468 e. The lowest BCUT2D eigenvalue weighted by atomic mass is 10.2. The lowest BCUT2D eigenvalue weighted by Gasteiger charge is -2.06. The van der Waals surface area contributed by atoms with E-state index in [9.17, 15) is 13.2 Å². The molecule has 0 aliphatic heterocycles. The van der Waals surface area contributed by atoms with E-state index >= 15 is 0 Å². The van der Waals surface area contributed by atoms with E-state index in [1.165, 1.54) is 34.8 Å². The molecule has 201 valence electrons. The molecule has 12 heteroatoms. The van der Waals surface area contributed by atoms with Gasteiger partial charge in [0.2, 0.25) is 2.88 Å². The molecule has 0 aliphatic carbocycles. The minimum atomic E-state index is -3.95. The maximum Gasteiger partial charge on any atom is 0.336 e. The molecule has 0 unspecified atom stereocenters. The summed E-state index contributed by atoms with van der Waals surface area (Å²) in [7, 11) is -3.95. The van der Waals surface area contributed by atoms with E-state index in [0.29, 0.717) is 23.1 Å². The van der Waals surface area contributed by atoms with Crippen molar-refractivity contribution < 1.29 is 45.4 Å². The molecule has 2 aromatic heterocycles. The Morgan fingerprint density at radius 3 is 2.51 bits per heavy atom. The van der Waals surface area contributed by atoms with Crippen molar-refractivity contribution in [1.82, 2.24) is 4.98 Å². The van der Waals surface area contributed by atoms with Crippen LogP contribution in [-0.2, 0) is 17.4 Å². The van der Waals surface area contributed by atoms with Gasteiger partial charge in [-0.25, -0.2) is 4.98 Å². The number of fused-ring (bicyclic) bond motifs is 1. The van der Waals surface area contributed by atoms with Gasteiger partial charge in [0.1, 0.15) is 5.75 Å². The van der Waals surface area contributed by atoms with Crippen molar-refractivity contribution >= 4 is 54.0 Å². The Hall–Kier alpha value is -2.88. The highest BCUT2D eigenvalue weighted by molar-refractivity contribution is 7.86. The maximum atomic E-state index is 13.0. The van der Waals surface area contributed by atoms with Crippen molar-refractivity contribution in [2.75, 3.05) is 18.7 Å².